The third-order valence-corrected chi connectivity index (χ3v) is 7.76. The van der Waals surface area contributed by atoms with Crippen LogP contribution in [0.4, 0.5) is 0 Å². The summed E-state index contributed by atoms with van der Waals surface area (Å²) >= 11 is 0. The largest absolute Gasteiger partial charge is 0.326 e. The van der Waals surface area contributed by atoms with Crippen LogP contribution in [-0.4, -0.2) is 29.4 Å². The molecule has 0 aromatic heterocycles. The van der Waals surface area contributed by atoms with Gasteiger partial charge in [-0.1, -0.05) is 31.4 Å². The van der Waals surface area contributed by atoms with Gasteiger partial charge in [-0.2, -0.15) is 0 Å². The molecule has 4 nitrogen and oxygen atoms in total. The van der Waals surface area contributed by atoms with Crippen molar-refractivity contribution in [2.75, 3.05) is 11.5 Å². The highest BCUT2D eigenvalue weighted by molar-refractivity contribution is 7.93. The van der Waals surface area contributed by atoms with E-state index in [0.717, 1.165) is 31.2 Å². The van der Waals surface area contributed by atoms with Gasteiger partial charge in [0.1, 0.15) is 0 Å². The predicted octanol–water partition coefficient (Wildman–Crippen LogP) is 2.00. The lowest BCUT2D eigenvalue weighted by Gasteiger charge is -2.20. The zero-order chi connectivity index (χ0) is 15.3. The van der Waals surface area contributed by atoms with Crippen molar-refractivity contribution in [3.05, 3.63) is 29.8 Å². The standard InChI is InChI=1S/C15H23NO3S2/c16-12-13-5-4-8-15(11-13)21(18,19)10-9-20(17)14-6-2-1-3-7-14/h4-5,8,11,14H,1-3,6-7,9-10,12,16H2. The number of hydrogen-bond acceptors (Lipinski definition) is 4. The fourth-order valence-electron chi connectivity index (χ4n) is 2.67. The summed E-state index contributed by atoms with van der Waals surface area (Å²) < 4.78 is 36.9. The molecule has 6 heteroatoms. The summed E-state index contributed by atoms with van der Waals surface area (Å²) in [5.41, 5.74) is 6.33. The highest BCUT2D eigenvalue weighted by Gasteiger charge is 2.22. The second-order valence-corrected chi connectivity index (χ2v) is 9.46. The van der Waals surface area contributed by atoms with Crippen LogP contribution in [0.2, 0.25) is 0 Å². The monoisotopic (exact) mass is 329 g/mol. The second kappa shape index (κ2) is 7.51. The molecule has 0 heterocycles. The number of sulfone groups is 1. The van der Waals surface area contributed by atoms with Crippen molar-refractivity contribution in [3.8, 4) is 0 Å². The quantitative estimate of drug-likeness (QED) is 0.866. The number of nitrogens with two attached hydrogens (primary N) is 1. The van der Waals surface area contributed by atoms with Gasteiger partial charge in [0.2, 0.25) is 0 Å². The van der Waals surface area contributed by atoms with Crippen LogP contribution in [0.3, 0.4) is 0 Å². The summed E-state index contributed by atoms with van der Waals surface area (Å²) in [7, 11) is -4.41. The topological polar surface area (TPSA) is 77.2 Å². The van der Waals surface area contributed by atoms with Crippen LogP contribution >= 0.6 is 0 Å². The van der Waals surface area contributed by atoms with Gasteiger partial charge in [0, 0.05) is 28.3 Å². The Balaban J connectivity index is 1.98. The first-order valence-electron chi connectivity index (χ1n) is 7.42. The number of benzene rings is 1. The molecule has 1 aromatic rings. The summed E-state index contributed by atoms with van der Waals surface area (Å²) in [4.78, 5) is 0.283. The lowest BCUT2D eigenvalue weighted by molar-refractivity contribution is 0.505. The molecule has 21 heavy (non-hydrogen) atoms. The lowest BCUT2D eigenvalue weighted by Crippen LogP contribution is -2.24. The summed E-state index contributed by atoms with van der Waals surface area (Å²) in [5, 5.41) is 0.185. The fourth-order valence-corrected chi connectivity index (χ4v) is 6.25. The van der Waals surface area contributed by atoms with Gasteiger partial charge in [-0.3, -0.25) is 4.21 Å². The normalized spacial score (nSPS) is 18.5. The van der Waals surface area contributed by atoms with Crippen LogP contribution in [0.15, 0.2) is 29.2 Å². The number of hydrogen-bond donors (Lipinski definition) is 1. The van der Waals surface area contributed by atoms with E-state index in [2.05, 4.69) is 0 Å². The Labute approximate surface area is 129 Å². The average molecular weight is 329 g/mol. The zero-order valence-electron chi connectivity index (χ0n) is 12.2. The third-order valence-electron chi connectivity index (χ3n) is 3.97. The van der Waals surface area contributed by atoms with E-state index in [9.17, 15) is 12.6 Å². The smallest absolute Gasteiger partial charge is 0.179 e. The molecule has 1 atom stereocenters. The average Bonchev–Trinajstić information content (AvgIpc) is 2.53. The molecule has 1 fully saturated rings. The summed E-state index contributed by atoms with van der Waals surface area (Å²) in [6.07, 6.45) is 5.37. The molecule has 1 unspecified atom stereocenters. The van der Waals surface area contributed by atoms with Crippen LogP contribution in [-0.2, 0) is 27.2 Å². The molecule has 1 aliphatic rings. The van der Waals surface area contributed by atoms with E-state index in [-0.39, 0.29) is 21.7 Å². The van der Waals surface area contributed by atoms with Crippen molar-refractivity contribution in [2.24, 2.45) is 5.73 Å². The minimum absolute atomic E-state index is 0.0515. The SMILES string of the molecule is NCc1cccc(S(=O)(=O)CCS(=O)C2CCCCC2)c1. The van der Waals surface area contributed by atoms with Crippen molar-refractivity contribution in [2.45, 2.75) is 48.8 Å². The first-order chi connectivity index (χ1) is 10.0. The zero-order valence-corrected chi connectivity index (χ0v) is 13.8. The van der Waals surface area contributed by atoms with Gasteiger partial charge in [0.15, 0.2) is 9.84 Å². The molecular formula is C15H23NO3S2. The van der Waals surface area contributed by atoms with E-state index in [4.69, 9.17) is 5.73 Å². The van der Waals surface area contributed by atoms with Crippen LogP contribution < -0.4 is 5.73 Å². The first-order valence-corrected chi connectivity index (χ1v) is 10.5. The van der Waals surface area contributed by atoms with Crippen molar-refractivity contribution >= 4 is 20.6 Å². The molecule has 0 aliphatic heterocycles. The van der Waals surface area contributed by atoms with E-state index < -0.39 is 20.6 Å². The van der Waals surface area contributed by atoms with E-state index in [0.29, 0.717) is 6.54 Å². The highest BCUT2D eigenvalue weighted by atomic mass is 32.2. The minimum atomic E-state index is -3.38. The Kier molecular flexibility index (Phi) is 5.96. The molecule has 1 aliphatic carbocycles. The Bertz CT molecular complexity index is 593. The predicted molar refractivity (Wildman–Crippen MR) is 86.3 cm³/mol. The molecule has 0 radical (unpaired) electrons. The Morgan fingerprint density at radius 2 is 1.90 bits per heavy atom. The van der Waals surface area contributed by atoms with Gasteiger partial charge in [-0.25, -0.2) is 8.42 Å². The molecule has 118 valence electrons. The Morgan fingerprint density at radius 3 is 2.57 bits per heavy atom. The molecule has 2 rings (SSSR count). The van der Waals surface area contributed by atoms with Crippen LogP contribution in [0.1, 0.15) is 37.7 Å². The van der Waals surface area contributed by atoms with Gasteiger partial charge in [-0.05, 0) is 30.5 Å². The lowest BCUT2D eigenvalue weighted by atomic mass is 10.0. The maximum absolute atomic E-state index is 12.3. The van der Waals surface area contributed by atoms with Crippen LogP contribution in [0, 0.1) is 0 Å². The summed E-state index contributed by atoms with van der Waals surface area (Å²) in [5.74, 6) is 0.185. The summed E-state index contributed by atoms with van der Waals surface area (Å²) in [6.45, 7) is 0.317. The van der Waals surface area contributed by atoms with Gasteiger partial charge in [0.05, 0.1) is 10.6 Å². The number of rotatable bonds is 6. The molecule has 1 saturated carbocycles. The molecular weight excluding hydrogens is 306 g/mol. The Hall–Kier alpha value is -0.720. The third kappa shape index (κ3) is 4.63. The van der Waals surface area contributed by atoms with Gasteiger partial charge >= 0.3 is 0 Å². The van der Waals surface area contributed by atoms with Gasteiger partial charge < -0.3 is 5.73 Å². The maximum Gasteiger partial charge on any atom is 0.179 e. The maximum atomic E-state index is 12.3. The molecule has 1 aromatic carbocycles. The van der Waals surface area contributed by atoms with E-state index >= 15 is 0 Å². The summed E-state index contributed by atoms with van der Waals surface area (Å²) in [6, 6.07) is 6.70. The first kappa shape index (κ1) is 16.6. The van der Waals surface area contributed by atoms with E-state index in [1.165, 1.54) is 6.42 Å². The van der Waals surface area contributed by atoms with Crippen LogP contribution in [0.25, 0.3) is 0 Å². The van der Waals surface area contributed by atoms with Crippen LogP contribution in [0.5, 0.6) is 0 Å². The second-order valence-electron chi connectivity index (χ2n) is 5.52. The highest BCUT2D eigenvalue weighted by Crippen LogP contribution is 2.22. The van der Waals surface area contributed by atoms with E-state index in [1.807, 2.05) is 0 Å². The van der Waals surface area contributed by atoms with E-state index in [1.54, 1.807) is 24.3 Å². The van der Waals surface area contributed by atoms with Crippen molar-refractivity contribution in [1.82, 2.24) is 0 Å². The van der Waals surface area contributed by atoms with Gasteiger partial charge in [-0.15, -0.1) is 0 Å². The molecule has 0 bridgehead atoms. The molecule has 0 saturated heterocycles. The minimum Gasteiger partial charge on any atom is -0.326 e. The Morgan fingerprint density at radius 1 is 1.19 bits per heavy atom. The van der Waals surface area contributed by atoms with Crippen molar-refractivity contribution in [1.29, 1.82) is 0 Å². The van der Waals surface area contributed by atoms with Crippen molar-refractivity contribution in [3.63, 3.8) is 0 Å². The molecule has 0 amide bonds. The molecule has 0 spiro atoms. The fraction of sp³-hybridized carbons (Fsp3) is 0.600. The van der Waals surface area contributed by atoms with Crippen molar-refractivity contribution < 1.29 is 12.6 Å². The van der Waals surface area contributed by atoms with Gasteiger partial charge in [0.25, 0.3) is 0 Å². The molecule has 2 N–H and O–H groups in total.